The summed E-state index contributed by atoms with van der Waals surface area (Å²) in [5.41, 5.74) is 0. The lowest BCUT2D eigenvalue weighted by Crippen LogP contribution is -2.47. The Balaban J connectivity index is 2.05. The highest BCUT2D eigenvalue weighted by Gasteiger charge is 2.19. The Bertz CT molecular complexity index is 235. The topological polar surface area (TPSA) is 33.7 Å². The van der Waals surface area contributed by atoms with Gasteiger partial charge in [-0.1, -0.05) is 27.7 Å². The van der Waals surface area contributed by atoms with Crippen LogP contribution in [0.4, 0.5) is 0 Å². The summed E-state index contributed by atoms with van der Waals surface area (Å²) in [6.45, 7) is 16.6. The minimum Gasteiger partial charge on any atom is -0.380 e. The van der Waals surface area contributed by atoms with E-state index in [-0.39, 0.29) is 0 Å². The largest absolute Gasteiger partial charge is 0.380 e. The van der Waals surface area contributed by atoms with E-state index in [2.05, 4.69) is 37.9 Å². The second-order valence-corrected chi connectivity index (χ2v) is 6.64. The van der Waals surface area contributed by atoms with Gasteiger partial charge in [-0.15, -0.1) is 0 Å². The maximum Gasteiger partial charge on any atom is 0.0826 e. The van der Waals surface area contributed by atoms with Crippen LogP contribution in [0.25, 0.3) is 0 Å². The zero-order chi connectivity index (χ0) is 14.8. The second-order valence-electron chi connectivity index (χ2n) is 6.64. The molecule has 1 saturated heterocycles. The standard InChI is InChI=1S/C16H34N2O2/c1-14(2)5-8-19-9-6-18-7-10-20-16(13-18)12-17-11-15(3)4/h14-17H,5-13H2,1-4H3/t16-/m1/s1. The van der Waals surface area contributed by atoms with Crippen molar-refractivity contribution in [2.75, 3.05) is 52.5 Å². The van der Waals surface area contributed by atoms with Gasteiger partial charge in [0.15, 0.2) is 0 Å². The molecule has 0 aromatic carbocycles. The SMILES string of the molecule is CC(C)CCOCCN1CCO[C@H](CNCC(C)C)C1. The van der Waals surface area contributed by atoms with E-state index < -0.39 is 0 Å². The molecule has 120 valence electrons. The molecule has 1 N–H and O–H groups in total. The van der Waals surface area contributed by atoms with Crippen molar-refractivity contribution < 1.29 is 9.47 Å². The minimum absolute atomic E-state index is 0.332. The van der Waals surface area contributed by atoms with Gasteiger partial charge in [0.25, 0.3) is 0 Å². The lowest BCUT2D eigenvalue weighted by Gasteiger charge is -2.33. The van der Waals surface area contributed by atoms with Gasteiger partial charge in [-0.05, 0) is 24.8 Å². The summed E-state index contributed by atoms with van der Waals surface area (Å²) in [5.74, 6) is 1.43. The molecule has 0 aromatic heterocycles. The molecule has 1 rings (SSSR count). The van der Waals surface area contributed by atoms with Crippen molar-refractivity contribution in [1.82, 2.24) is 10.2 Å². The molecular formula is C16H34N2O2. The fourth-order valence-electron chi connectivity index (χ4n) is 2.25. The molecule has 0 aromatic rings. The summed E-state index contributed by atoms with van der Waals surface area (Å²) >= 11 is 0. The number of ether oxygens (including phenoxy) is 2. The molecule has 4 nitrogen and oxygen atoms in total. The first-order chi connectivity index (χ1) is 9.58. The first-order valence-corrected chi connectivity index (χ1v) is 8.20. The van der Waals surface area contributed by atoms with Crippen LogP contribution in [0.3, 0.4) is 0 Å². The highest BCUT2D eigenvalue weighted by Crippen LogP contribution is 2.05. The van der Waals surface area contributed by atoms with Crippen LogP contribution in [0, 0.1) is 11.8 Å². The van der Waals surface area contributed by atoms with Crippen LogP contribution in [0.15, 0.2) is 0 Å². The molecule has 1 aliphatic heterocycles. The Morgan fingerprint density at radius 2 is 2.00 bits per heavy atom. The summed E-state index contributed by atoms with van der Waals surface area (Å²) in [5, 5.41) is 3.48. The fourth-order valence-corrected chi connectivity index (χ4v) is 2.25. The Morgan fingerprint density at radius 1 is 1.20 bits per heavy atom. The second kappa shape index (κ2) is 10.6. The van der Waals surface area contributed by atoms with Gasteiger partial charge in [0.1, 0.15) is 0 Å². The number of nitrogens with one attached hydrogen (secondary N) is 1. The zero-order valence-electron chi connectivity index (χ0n) is 13.9. The Hall–Kier alpha value is -0.160. The Labute approximate surface area is 125 Å². The average molecular weight is 286 g/mol. The molecule has 0 amide bonds. The minimum atomic E-state index is 0.332. The van der Waals surface area contributed by atoms with E-state index in [1.54, 1.807) is 0 Å². The molecule has 0 aliphatic carbocycles. The van der Waals surface area contributed by atoms with E-state index in [0.29, 0.717) is 12.0 Å². The van der Waals surface area contributed by atoms with E-state index >= 15 is 0 Å². The van der Waals surface area contributed by atoms with Gasteiger partial charge in [0, 0.05) is 32.8 Å². The lowest BCUT2D eigenvalue weighted by atomic mass is 10.1. The van der Waals surface area contributed by atoms with Crippen molar-refractivity contribution in [1.29, 1.82) is 0 Å². The molecule has 1 aliphatic rings. The zero-order valence-corrected chi connectivity index (χ0v) is 13.9. The first-order valence-electron chi connectivity index (χ1n) is 8.20. The van der Waals surface area contributed by atoms with Gasteiger partial charge in [0.05, 0.1) is 19.3 Å². The molecular weight excluding hydrogens is 252 g/mol. The number of nitrogens with zero attached hydrogens (tertiary/aromatic N) is 1. The monoisotopic (exact) mass is 286 g/mol. The van der Waals surface area contributed by atoms with Crippen LogP contribution in [0.2, 0.25) is 0 Å². The van der Waals surface area contributed by atoms with Crippen LogP contribution in [-0.4, -0.2) is 63.5 Å². The lowest BCUT2D eigenvalue weighted by molar-refractivity contribution is -0.0353. The van der Waals surface area contributed by atoms with Gasteiger partial charge in [0.2, 0.25) is 0 Å². The van der Waals surface area contributed by atoms with Gasteiger partial charge in [-0.25, -0.2) is 0 Å². The average Bonchev–Trinajstić information content (AvgIpc) is 2.38. The highest BCUT2D eigenvalue weighted by molar-refractivity contribution is 4.73. The predicted octanol–water partition coefficient (Wildman–Crippen LogP) is 2.00. The van der Waals surface area contributed by atoms with Crippen molar-refractivity contribution in [3.8, 4) is 0 Å². The molecule has 0 spiro atoms. The number of hydrogen-bond donors (Lipinski definition) is 1. The van der Waals surface area contributed by atoms with Gasteiger partial charge in [-0.3, -0.25) is 4.90 Å². The van der Waals surface area contributed by atoms with Crippen LogP contribution in [-0.2, 0) is 9.47 Å². The van der Waals surface area contributed by atoms with Gasteiger partial charge in [-0.2, -0.15) is 0 Å². The molecule has 0 radical (unpaired) electrons. The number of hydrogen-bond acceptors (Lipinski definition) is 4. The molecule has 1 atom stereocenters. The van der Waals surface area contributed by atoms with E-state index in [4.69, 9.17) is 9.47 Å². The van der Waals surface area contributed by atoms with E-state index in [9.17, 15) is 0 Å². The molecule has 1 heterocycles. The van der Waals surface area contributed by atoms with Crippen molar-refractivity contribution in [3.05, 3.63) is 0 Å². The molecule has 20 heavy (non-hydrogen) atoms. The van der Waals surface area contributed by atoms with Gasteiger partial charge >= 0.3 is 0 Å². The summed E-state index contributed by atoms with van der Waals surface area (Å²) in [4.78, 5) is 2.46. The van der Waals surface area contributed by atoms with Crippen LogP contribution in [0.5, 0.6) is 0 Å². The third-order valence-electron chi connectivity index (χ3n) is 3.54. The predicted molar refractivity (Wildman–Crippen MR) is 84.2 cm³/mol. The molecule has 0 saturated carbocycles. The van der Waals surface area contributed by atoms with Crippen molar-refractivity contribution in [2.24, 2.45) is 11.8 Å². The Morgan fingerprint density at radius 3 is 2.70 bits per heavy atom. The third-order valence-corrected chi connectivity index (χ3v) is 3.54. The number of morpholine rings is 1. The molecule has 4 heteroatoms. The third kappa shape index (κ3) is 8.90. The van der Waals surface area contributed by atoms with Crippen molar-refractivity contribution in [2.45, 2.75) is 40.2 Å². The van der Waals surface area contributed by atoms with Crippen LogP contribution >= 0.6 is 0 Å². The fraction of sp³-hybridized carbons (Fsp3) is 1.00. The summed E-state index contributed by atoms with van der Waals surface area (Å²) in [6, 6.07) is 0. The van der Waals surface area contributed by atoms with E-state index in [0.717, 1.165) is 64.9 Å². The van der Waals surface area contributed by atoms with Crippen molar-refractivity contribution >= 4 is 0 Å². The smallest absolute Gasteiger partial charge is 0.0826 e. The summed E-state index contributed by atoms with van der Waals surface area (Å²) in [6.07, 6.45) is 1.49. The maximum atomic E-state index is 5.80. The van der Waals surface area contributed by atoms with E-state index in [1.165, 1.54) is 0 Å². The highest BCUT2D eigenvalue weighted by atomic mass is 16.5. The number of rotatable bonds is 10. The first kappa shape index (κ1) is 17.9. The Kier molecular flexibility index (Phi) is 9.44. The molecule has 0 unspecified atom stereocenters. The molecule has 0 bridgehead atoms. The van der Waals surface area contributed by atoms with Crippen LogP contribution in [0.1, 0.15) is 34.1 Å². The summed E-state index contributed by atoms with van der Waals surface area (Å²) < 4.78 is 11.5. The molecule has 1 fully saturated rings. The normalized spacial score (nSPS) is 21.0. The van der Waals surface area contributed by atoms with Gasteiger partial charge < -0.3 is 14.8 Å². The quantitative estimate of drug-likeness (QED) is 0.623. The summed E-state index contributed by atoms with van der Waals surface area (Å²) in [7, 11) is 0. The van der Waals surface area contributed by atoms with E-state index in [1.807, 2.05) is 0 Å². The van der Waals surface area contributed by atoms with Crippen LogP contribution < -0.4 is 5.32 Å². The maximum absolute atomic E-state index is 5.80. The van der Waals surface area contributed by atoms with Crippen molar-refractivity contribution in [3.63, 3.8) is 0 Å².